The van der Waals surface area contributed by atoms with Crippen molar-refractivity contribution in [3.63, 3.8) is 0 Å². The molecule has 3 nitrogen and oxygen atoms in total. The van der Waals surface area contributed by atoms with Crippen LogP contribution in [0, 0.1) is 0 Å². The molecule has 0 spiro atoms. The van der Waals surface area contributed by atoms with Crippen molar-refractivity contribution < 1.29 is 9.53 Å². The van der Waals surface area contributed by atoms with E-state index in [-0.39, 0.29) is 18.1 Å². The topological polar surface area (TPSA) is 38.3 Å². The fraction of sp³-hybridized carbons (Fsp3) is 0.615. The van der Waals surface area contributed by atoms with Gasteiger partial charge in [-0.05, 0) is 39.3 Å². The summed E-state index contributed by atoms with van der Waals surface area (Å²) in [6, 6.07) is 4.01. The molecule has 4 heteroatoms. The van der Waals surface area contributed by atoms with Crippen LogP contribution in [-0.2, 0) is 16.0 Å². The number of carbonyl (C=O) groups excluding carboxylic acids is 1. The second-order valence-electron chi connectivity index (χ2n) is 4.16. The summed E-state index contributed by atoms with van der Waals surface area (Å²) in [5, 5.41) is 3.25. The summed E-state index contributed by atoms with van der Waals surface area (Å²) in [5.74, 6) is -0.189. The van der Waals surface area contributed by atoms with Gasteiger partial charge in [0.15, 0.2) is 0 Å². The number of aryl methyl sites for hydroxylation is 1. The van der Waals surface area contributed by atoms with E-state index in [1.54, 1.807) is 11.3 Å². The predicted molar refractivity (Wildman–Crippen MR) is 71.3 cm³/mol. The second kappa shape index (κ2) is 6.77. The molecule has 17 heavy (non-hydrogen) atoms. The van der Waals surface area contributed by atoms with Gasteiger partial charge in [-0.2, -0.15) is 0 Å². The molecule has 1 atom stereocenters. The van der Waals surface area contributed by atoms with E-state index < -0.39 is 0 Å². The highest BCUT2D eigenvalue weighted by Gasteiger charge is 2.23. The molecule has 0 aliphatic carbocycles. The number of nitrogens with one attached hydrogen (secondary N) is 1. The Morgan fingerprint density at radius 3 is 2.59 bits per heavy atom. The van der Waals surface area contributed by atoms with Crippen molar-refractivity contribution in [3.05, 3.63) is 21.9 Å². The standard InChI is InChI=1S/C13H21NO2S/c1-5-10-7-8-11(17-10)12(14-9(3)4)13(15)16-6-2/h7-9,12,14H,5-6H2,1-4H3. The van der Waals surface area contributed by atoms with Crippen LogP contribution in [0.2, 0.25) is 0 Å². The van der Waals surface area contributed by atoms with Gasteiger partial charge in [0.1, 0.15) is 6.04 Å². The minimum absolute atomic E-state index is 0.189. The average molecular weight is 255 g/mol. The van der Waals surface area contributed by atoms with Gasteiger partial charge in [0.05, 0.1) is 6.61 Å². The third-order valence-electron chi connectivity index (χ3n) is 2.34. The molecule has 0 bridgehead atoms. The van der Waals surface area contributed by atoms with Crippen molar-refractivity contribution >= 4 is 17.3 Å². The Labute approximate surface area is 107 Å². The maximum atomic E-state index is 11.9. The first-order chi connectivity index (χ1) is 8.08. The zero-order valence-electron chi connectivity index (χ0n) is 10.9. The van der Waals surface area contributed by atoms with Crippen molar-refractivity contribution in [2.75, 3.05) is 6.61 Å². The number of esters is 1. The highest BCUT2D eigenvalue weighted by molar-refractivity contribution is 7.12. The molecule has 1 aromatic heterocycles. The number of rotatable bonds is 6. The van der Waals surface area contributed by atoms with Crippen molar-refractivity contribution in [1.29, 1.82) is 0 Å². The van der Waals surface area contributed by atoms with Crippen LogP contribution in [0.1, 0.15) is 43.5 Å². The SMILES string of the molecule is CCOC(=O)C(NC(C)C)c1ccc(CC)s1. The van der Waals surface area contributed by atoms with Gasteiger partial charge in [0.25, 0.3) is 0 Å². The second-order valence-corrected chi connectivity index (χ2v) is 5.36. The maximum Gasteiger partial charge on any atom is 0.328 e. The molecular formula is C13H21NO2S. The van der Waals surface area contributed by atoms with Gasteiger partial charge in [-0.15, -0.1) is 11.3 Å². The summed E-state index contributed by atoms with van der Waals surface area (Å²) in [4.78, 5) is 14.2. The van der Waals surface area contributed by atoms with E-state index in [1.165, 1.54) is 4.88 Å². The highest BCUT2D eigenvalue weighted by Crippen LogP contribution is 2.25. The smallest absolute Gasteiger partial charge is 0.328 e. The van der Waals surface area contributed by atoms with E-state index in [4.69, 9.17) is 4.74 Å². The molecule has 0 aliphatic heterocycles. The first-order valence-corrected chi connectivity index (χ1v) is 6.91. The Kier molecular flexibility index (Phi) is 5.65. The Hall–Kier alpha value is -0.870. The lowest BCUT2D eigenvalue weighted by Crippen LogP contribution is -2.34. The van der Waals surface area contributed by atoms with Crippen LogP contribution in [0.15, 0.2) is 12.1 Å². The zero-order valence-corrected chi connectivity index (χ0v) is 11.8. The van der Waals surface area contributed by atoms with Crippen LogP contribution in [-0.4, -0.2) is 18.6 Å². The van der Waals surface area contributed by atoms with Crippen molar-refractivity contribution in [2.45, 2.75) is 46.2 Å². The summed E-state index contributed by atoms with van der Waals surface area (Å²) >= 11 is 1.67. The van der Waals surface area contributed by atoms with Crippen molar-refractivity contribution in [2.24, 2.45) is 0 Å². The summed E-state index contributed by atoms with van der Waals surface area (Å²) in [6.07, 6.45) is 1.00. The molecule has 0 radical (unpaired) electrons. The average Bonchev–Trinajstić information content (AvgIpc) is 2.74. The summed E-state index contributed by atoms with van der Waals surface area (Å²) in [5.41, 5.74) is 0. The fourth-order valence-corrected chi connectivity index (χ4v) is 2.57. The third kappa shape index (κ3) is 4.13. The monoisotopic (exact) mass is 255 g/mol. The minimum atomic E-state index is -0.333. The molecule has 1 aromatic rings. The maximum absolute atomic E-state index is 11.9. The number of ether oxygens (including phenoxy) is 1. The number of carbonyl (C=O) groups is 1. The van der Waals surface area contributed by atoms with Crippen LogP contribution >= 0.6 is 11.3 Å². The number of thiophene rings is 1. The minimum Gasteiger partial charge on any atom is -0.465 e. The van der Waals surface area contributed by atoms with Crippen LogP contribution in [0.3, 0.4) is 0 Å². The molecule has 1 rings (SSSR count). The number of hydrogen-bond acceptors (Lipinski definition) is 4. The summed E-state index contributed by atoms with van der Waals surface area (Å²) in [7, 11) is 0. The Bertz CT molecular complexity index is 360. The Morgan fingerprint density at radius 1 is 1.41 bits per heavy atom. The molecule has 0 fully saturated rings. The van der Waals surface area contributed by atoms with Gasteiger partial charge >= 0.3 is 5.97 Å². The molecule has 0 amide bonds. The highest BCUT2D eigenvalue weighted by atomic mass is 32.1. The molecule has 0 saturated heterocycles. The lowest BCUT2D eigenvalue weighted by atomic mass is 10.2. The number of hydrogen-bond donors (Lipinski definition) is 1. The molecule has 96 valence electrons. The van der Waals surface area contributed by atoms with Crippen LogP contribution in [0.4, 0.5) is 0 Å². The quantitative estimate of drug-likeness (QED) is 0.794. The van der Waals surface area contributed by atoms with Crippen molar-refractivity contribution in [1.82, 2.24) is 5.32 Å². The molecule has 1 N–H and O–H groups in total. The van der Waals surface area contributed by atoms with Crippen LogP contribution < -0.4 is 5.32 Å². The summed E-state index contributed by atoms with van der Waals surface area (Å²) < 4.78 is 5.11. The molecule has 0 aromatic carbocycles. The molecule has 1 unspecified atom stereocenters. The van der Waals surface area contributed by atoms with E-state index in [2.05, 4.69) is 18.3 Å². The van der Waals surface area contributed by atoms with Gasteiger partial charge in [-0.25, -0.2) is 4.79 Å². The third-order valence-corrected chi connectivity index (χ3v) is 3.63. The Balaban J connectivity index is 2.84. The normalized spacial score (nSPS) is 12.8. The van der Waals surface area contributed by atoms with Gasteiger partial charge < -0.3 is 4.74 Å². The van der Waals surface area contributed by atoms with Gasteiger partial charge in [0.2, 0.25) is 0 Å². The van der Waals surface area contributed by atoms with E-state index in [1.807, 2.05) is 26.8 Å². The van der Waals surface area contributed by atoms with Gasteiger partial charge in [-0.3, -0.25) is 5.32 Å². The fourth-order valence-electron chi connectivity index (χ4n) is 1.56. The molecule has 1 heterocycles. The molecular weight excluding hydrogens is 234 g/mol. The first kappa shape index (κ1) is 14.2. The van der Waals surface area contributed by atoms with Crippen LogP contribution in [0.25, 0.3) is 0 Å². The van der Waals surface area contributed by atoms with E-state index in [0.717, 1.165) is 11.3 Å². The molecule has 0 saturated carbocycles. The summed E-state index contributed by atoms with van der Waals surface area (Å²) in [6.45, 7) is 8.42. The van der Waals surface area contributed by atoms with Crippen LogP contribution in [0.5, 0.6) is 0 Å². The lowest BCUT2D eigenvalue weighted by Gasteiger charge is -2.18. The Morgan fingerprint density at radius 2 is 2.12 bits per heavy atom. The predicted octanol–water partition coefficient (Wildman–Crippen LogP) is 2.91. The molecule has 0 aliphatic rings. The zero-order chi connectivity index (χ0) is 12.8. The van der Waals surface area contributed by atoms with E-state index >= 15 is 0 Å². The lowest BCUT2D eigenvalue weighted by molar-refractivity contribution is -0.146. The van der Waals surface area contributed by atoms with Gasteiger partial charge in [0, 0.05) is 15.8 Å². The van der Waals surface area contributed by atoms with Gasteiger partial charge in [-0.1, -0.05) is 6.92 Å². The first-order valence-electron chi connectivity index (χ1n) is 6.09. The van der Waals surface area contributed by atoms with Crippen molar-refractivity contribution in [3.8, 4) is 0 Å². The van der Waals surface area contributed by atoms with E-state index in [9.17, 15) is 4.79 Å². The largest absolute Gasteiger partial charge is 0.465 e. The van der Waals surface area contributed by atoms with E-state index in [0.29, 0.717) is 6.61 Å².